The predicted octanol–water partition coefficient (Wildman–Crippen LogP) is 5.07. The summed E-state index contributed by atoms with van der Waals surface area (Å²) in [4.78, 5) is 3.93. The van der Waals surface area contributed by atoms with E-state index in [1.165, 1.54) is 6.07 Å². The van der Waals surface area contributed by atoms with Crippen LogP contribution in [0.15, 0.2) is 24.3 Å². The lowest BCUT2D eigenvalue weighted by molar-refractivity contribution is 0.464. The van der Waals surface area contributed by atoms with Gasteiger partial charge in [0.05, 0.1) is 10.0 Å². The van der Waals surface area contributed by atoms with Gasteiger partial charge in [-0.25, -0.2) is 0 Å². The van der Waals surface area contributed by atoms with E-state index >= 15 is 0 Å². The van der Waals surface area contributed by atoms with Crippen LogP contribution in [0.4, 0.5) is 5.82 Å². The Labute approximate surface area is 123 Å². The van der Waals surface area contributed by atoms with E-state index in [1.807, 2.05) is 0 Å². The largest absolute Gasteiger partial charge is 0.436 e. The van der Waals surface area contributed by atoms with Crippen LogP contribution in [0, 0.1) is 0 Å². The maximum absolute atomic E-state index is 5.96. The lowest BCUT2D eigenvalue weighted by Crippen LogP contribution is -1.96. The summed E-state index contributed by atoms with van der Waals surface area (Å²) in [7, 11) is 0. The van der Waals surface area contributed by atoms with Gasteiger partial charge in [0.2, 0.25) is 5.88 Å². The molecular formula is C11H6Cl4N2O. The van der Waals surface area contributed by atoms with Crippen molar-refractivity contribution in [2.75, 3.05) is 5.73 Å². The smallest absolute Gasteiger partial charge is 0.240 e. The predicted molar refractivity (Wildman–Crippen MR) is 75.2 cm³/mol. The van der Waals surface area contributed by atoms with E-state index in [1.54, 1.807) is 18.2 Å². The molecule has 0 unspecified atom stereocenters. The van der Waals surface area contributed by atoms with E-state index in [0.717, 1.165) is 0 Å². The number of nitrogen functional groups attached to an aromatic ring is 1. The van der Waals surface area contributed by atoms with E-state index < -0.39 is 0 Å². The van der Waals surface area contributed by atoms with Gasteiger partial charge in [-0.05, 0) is 18.2 Å². The Hall–Kier alpha value is -0.870. The van der Waals surface area contributed by atoms with Crippen LogP contribution in [0.5, 0.6) is 11.6 Å². The molecule has 2 aromatic rings. The van der Waals surface area contributed by atoms with Crippen LogP contribution in [0.3, 0.4) is 0 Å². The highest BCUT2D eigenvalue weighted by molar-refractivity contribution is 6.36. The van der Waals surface area contributed by atoms with Crippen molar-refractivity contribution in [3.63, 3.8) is 0 Å². The number of benzene rings is 1. The van der Waals surface area contributed by atoms with Gasteiger partial charge in [0.15, 0.2) is 0 Å². The molecule has 1 aromatic heterocycles. The van der Waals surface area contributed by atoms with Crippen molar-refractivity contribution >= 4 is 52.2 Å². The van der Waals surface area contributed by atoms with Gasteiger partial charge in [-0.3, -0.25) is 0 Å². The van der Waals surface area contributed by atoms with Crippen LogP contribution in [0.25, 0.3) is 0 Å². The zero-order valence-electron chi connectivity index (χ0n) is 8.75. The number of halogens is 4. The Morgan fingerprint density at radius 1 is 0.944 bits per heavy atom. The van der Waals surface area contributed by atoms with E-state index in [4.69, 9.17) is 56.9 Å². The molecule has 0 saturated heterocycles. The Bertz CT molecular complexity index is 604. The van der Waals surface area contributed by atoms with Crippen LogP contribution >= 0.6 is 46.4 Å². The second-order valence-corrected chi connectivity index (χ2v) is 4.98. The fourth-order valence-corrected chi connectivity index (χ4v) is 1.91. The fraction of sp³-hybridized carbons (Fsp3) is 0. The number of rotatable bonds is 2. The van der Waals surface area contributed by atoms with Crippen molar-refractivity contribution in [3.05, 3.63) is 44.4 Å². The molecule has 94 valence electrons. The van der Waals surface area contributed by atoms with Crippen LogP contribution < -0.4 is 10.5 Å². The first-order valence-corrected chi connectivity index (χ1v) is 6.23. The molecule has 1 heterocycles. The molecule has 3 nitrogen and oxygen atoms in total. The molecule has 2 N–H and O–H groups in total. The highest BCUT2D eigenvalue weighted by Gasteiger charge is 2.11. The SMILES string of the molecule is Nc1nc(Oc2cc(Cl)ccc2Cl)c(Cl)cc1Cl. The first-order valence-electron chi connectivity index (χ1n) is 4.72. The zero-order valence-corrected chi connectivity index (χ0v) is 11.8. The second kappa shape index (κ2) is 5.41. The van der Waals surface area contributed by atoms with Gasteiger partial charge in [-0.15, -0.1) is 0 Å². The maximum Gasteiger partial charge on any atom is 0.240 e. The van der Waals surface area contributed by atoms with E-state index in [-0.39, 0.29) is 21.7 Å². The lowest BCUT2D eigenvalue weighted by atomic mass is 10.3. The van der Waals surface area contributed by atoms with Crippen molar-refractivity contribution < 1.29 is 4.74 Å². The molecule has 0 amide bonds. The summed E-state index contributed by atoms with van der Waals surface area (Å²) in [5, 5.41) is 1.34. The monoisotopic (exact) mass is 322 g/mol. The van der Waals surface area contributed by atoms with Crippen molar-refractivity contribution in [3.8, 4) is 11.6 Å². The van der Waals surface area contributed by atoms with Crippen molar-refractivity contribution in [2.45, 2.75) is 0 Å². The third-order valence-corrected chi connectivity index (χ3v) is 3.15. The fourth-order valence-electron chi connectivity index (χ4n) is 1.19. The molecule has 0 saturated carbocycles. The van der Waals surface area contributed by atoms with Crippen molar-refractivity contribution in [1.82, 2.24) is 4.98 Å². The summed E-state index contributed by atoms with van der Waals surface area (Å²) in [5.41, 5.74) is 5.57. The van der Waals surface area contributed by atoms with E-state index in [0.29, 0.717) is 15.8 Å². The number of nitrogens with two attached hydrogens (primary N) is 1. The highest BCUT2D eigenvalue weighted by Crippen LogP contribution is 2.36. The molecule has 7 heteroatoms. The van der Waals surface area contributed by atoms with Gasteiger partial charge in [-0.1, -0.05) is 46.4 Å². The van der Waals surface area contributed by atoms with Crippen molar-refractivity contribution in [1.29, 1.82) is 0 Å². The molecule has 0 aliphatic heterocycles. The number of nitrogens with zero attached hydrogens (tertiary/aromatic N) is 1. The normalized spacial score (nSPS) is 10.4. The summed E-state index contributed by atoms with van der Waals surface area (Å²) < 4.78 is 5.46. The number of pyridine rings is 1. The van der Waals surface area contributed by atoms with Gasteiger partial charge in [0.25, 0.3) is 0 Å². The first-order chi connectivity index (χ1) is 8.47. The quantitative estimate of drug-likeness (QED) is 0.839. The molecule has 0 spiro atoms. The number of hydrogen-bond acceptors (Lipinski definition) is 3. The molecule has 2 rings (SSSR count). The second-order valence-electron chi connectivity index (χ2n) is 3.32. The van der Waals surface area contributed by atoms with Crippen LogP contribution in [-0.2, 0) is 0 Å². The van der Waals surface area contributed by atoms with Gasteiger partial charge < -0.3 is 10.5 Å². The Kier molecular flexibility index (Phi) is 4.07. The standard InChI is InChI=1S/C11H6Cl4N2O/c12-5-1-2-6(13)9(3-5)18-11-8(15)4-7(14)10(16)17-11/h1-4H,(H2,16,17). The van der Waals surface area contributed by atoms with Crippen molar-refractivity contribution in [2.24, 2.45) is 0 Å². The van der Waals surface area contributed by atoms with Crippen LogP contribution in [0.2, 0.25) is 20.1 Å². The van der Waals surface area contributed by atoms with Crippen LogP contribution in [-0.4, -0.2) is 4.98 Å². The summed E-state index contributed by atoms with van der Waals surface area (Å²) in [6.45, 7) is 0. The molecule has 0 fully saturated rings. The Morgan fingerprint density at radius 3 is 2.39 bits per heavy atom. The summed E-state index contributed by atoms with van der Waals surface area (Å²) >= 11 is 23.5. The lowest BCUT2D eigenvalue weighted by Gasteiger charge is -2.09. The van der Waals surface area contributed by atoms with Crippen LogP contribution in [0.1, 0.15) is 0 Å². The minimum absolute atomic E-state index is 0.114. The van der Waals surface area contributed by atoms with E-state index in [9.17, 15) is 0 Å². The number of ether oxygens (including phenoxy) is 1. The van der Waals surface area contributed by atoms with Gasteiger partial charge in [-0.2, -0.15) is 4.98 Å². The molecule has 0 aliphatic rings. The molecule has 1 aromatic carbocycles. The molecule has 0 atom stereocenters. The minimum Gasteiger partial charge on any atom is -0.436 e. The number of hydrogen-bond donors (Lipinski definition) is 1. The topological polar surface area (TPSA) is 48.1 Å². The Balaban J connectivity index is 2.40. The molecule has 0 bridgehead atoms. The summed E-state index contributed by atoms with van der Waals surface area (Å²) in [6, 6.07) is 6.24. The third-order valence-electron chi connectivity index (χ3n) is 2.02. The van der Waals surface area contributed by atoms with Gasteiger partial charge >= 0.3 is 0 Å². The third kappa shape index (κ3) is 2.93. The van der Waals surface area contributed by atoms with Gasteiger partial charge in [0.1, 0.15) is 16.6 Å². The maximum atomic E-state index is 5.96. The summed E-state index contributed by atoms with van der Waals surface area (Å²) in [5.74, 6) is 0.567. The Morgan fingerprint density at radius 2 is 1.67 bits per heavy atom. The number of anilines is 1. The average molecular weight is 324 g/mol. The van der Waals surface area contributed by atoms with E-state index in [2.05, 4.69) is 4.98 Å². The zero-order chi connectivity index (χ0) is 13.3. The number of aromatic nitrogens is 1. The molecule has 0 aliphatic carbocycles. The average Bonchev–Trinajstić information content (AvgIpc) is 2.30. The molecular weight excluding hydrogens is 318 g/mol. The summed E-state index contributed by atoms with van der Waals surface area (Å²) in [6.07, 6.45) is 0. The highest BCUT2D eigenvalue weighted by atomic mass is 35.5. The molecule has 0 radical (unpaired) electrons. The molecule has 18 heavy (non-hydrogen) atoms. The first kappa shape index (κ1) is 13.6. The van der Waals surface area contributed by atoms with Gasteiger partial charge in [0, 0.05) is 11.1 Å². The minimum atomic E-state index is 0.114.